The van der Waals surface area contributed by atoms with Crippen LogP contribution in [0, 0.1) is 6.92 Å². The van der Waals surface area contributed by atoms with E-state index in [-0.39, 0.29) is 6.10 Å². The van der Waals surface area contributed by atoms with E-state index < -0.39 is 0 Å². The van der Waals surface area contributed by atoms with Crippen molar-refractivity contribution in [1.29, 1.82) is 0 Å². The van der Waals surface area contributed by atoms with Crippen LogP contribution in [0.3, 0.4) is 0 Å². The summed E-state index contributed by atoms with van der Waals surface area (Å²) in [6.07, 6.45) is 2.34. The molecule has 1 aliphatic heterocycles. The smallest absolute Gasteiger partial charge is 0.203 e. The highest BCUT2D eigenvalue weighted by atomic mass is 16.5. The van der Waals surface area contributed by atoms with E-state index in [9.17, 15) is 0 Å². The fourth-order valence-electron chi connectivity index (χ4n) is 2.18. The van der Waals surface area contributed by atoms with Crippen molar-refractivity contribution in [2.75, 3.05) is 38.6 Å². The first-order valence-electron chi connectivity index (χ1n) is 6.27. The third-order valence-electron chi connectivity index (χ3n) is 2.97. The number of likely N-dealkylation sites (N-methyl/N-ethyl adjacent to an activating group) is 1. The van der Waals surface area contributed by atoms with Gasteiger partial charge >= 0.3 is 0 Å². The summed E-state index contributed by atoms with van der Waals surface area (Å²) in [6, 6.07) is 0. The summed E-state index contributed by atoms with van der Waals surface area (Å²) in [5.41, 5.74) is 1.05. The lowest BCUT2D eigenvalue weighted by atomic mass is 10.3. The van der Waals surface area contributed by atoms with Gasteiger partial charge in [0.2, 0.25) is 5.95 Å². The minimum atomic E-state index is 0.264. The molecule has 1 atom stereocenters. The van der Waals surface area contributed by atoms with E-state index >= 15 is 0 Å². The van der Waals surface area contributed by atoms with Gasteiger partial charge in [-0.25, -0.2) is 4.98 Å². The van der Waals surface area contributed by atoms with E-state index in [1.54, 1.807) is 0 Å². The van der Waals surface area contributed by atoms with Crippen LogP contribution in [0.1, 0.15) is 12.6 Å². The Labute approximate surface area is 103 Å². The highest BCUT2D eigenvalue weighted by molar-refractivity contribution is 5.28. The average Bonchev–Trinajstić information content (AvgIpc) is 2.59. The zero-order valence-electron chi connectivity index (χ0n) is 10.9. The molecule has 2 rings (SSSR count). The monoisotopic (exact) mass is 238 g/mol. The Kier molecular flexibility index (Phi) is 4.02. The van der Waals surface area contributed by atoms with Gasteiger partial charge in [-0.3, -0.25) is 0 Å². The zero-order chi connectivity index (χ0) is 12.3. The maximum Gasteiger partial charge on any atom is 0.203 e. The molecule has 1 fully saturated rings. The molecule has 0 spiro atoms. The van der Waals surface area contributed by atoms with Crippen molar-refractivity contribution in [2.24, 2.45) is 0 Å². The normalized spacial score (nSPS) is 21.7. The standard InChI is InChI=1S/C12H22N4O/c1-4-13-12-14-10(2)7-16(12)9-11-8-15(3)5-6-17-11/h7,11H,4-6,8-9H2,1-3H3,(H,13,14). The van der Waals surface area contributed by atoms with Crippen molar-refractivity contribution in [2.45, 2.75) is 26.5 Å². The number of aromatic nitrogens is 2. The molecule has 0 radical (unpaired) electrons. The Morgan fingerprint density at radius 1 is 1.59 bits per heavy atom. The van der Waals surface area contributed by atoms with E-state index in [0.717, 1.165) is 44.4 Å². The predicted octanol–water partition coefficient (Wildman–Crippen LogP) is 0.954. The zero-order valence-corrected chi connectivity index (χ0v) is 10.9. The minimum Gasteiger partial charge on any atom is -0.374 e. The lowest BCUT2D eigenvalue weighted by Crippen LogP contribution is -2.42. The molecular formula is C12H22N4O. The van der Waals surface area contributed by atoms with Crippen LogP contribution in [-0.4, -0.2) is 53.8 Å². The summed E-state index contributed by atoms with van der Waals surface area (Å²) >= 11 is 0. The summed E-state index contributed by atoms with van der Waals surface area (Å²) in [6.45, 7) is 8.70. The van der Waals surface area contributed by atoms with Gasteiger partial charge in [0.1, 0.15) is 0 Å². The molecule has 1 aromatic heterocycles. The molecular weight excluding hydrogens is 216 g/mol. The number of hydrogen-bond donors (Lipinski definition) is 1. The Balaban J connectivity index is 2.01. The third kappa shape index (κ3) is 3.20. The van der Waals surface area contributed by atoms with E-state index in [0.29, 0.717) is 0 Å². The van der Waals surface area contributed by atoms with Crippen molar-refractivity contribution in [3.05, 3.63) is 11.9 Å². The van der Waals surface area contributed by atoms with Gasteiger partial charge in [0.15, 0.2) is 0 Å². The molecule has 1 aromatic rings. The van der Waals surface area contributed by atoms with Gasteiger partial charge in [-0.15, -0.1) is 0 Å². The molecule has 0 bridgehead atoms. The highest BCUT2D eigenvalue weighted by Crippen LogP contribution is 2.12. The van der Waals surface area contributed by atoms with Crippen molar-refractivity contribution in [1.82, 2.24) is 14.5 Å². The number of morpholine rings is 1. The SMILES string of the molecule is CCNc1nc(C)cn1CC1CN(C)CCO1. The molecule has 17 heavy (non-hydrogen) atoms. The van der Waals surface area contributed by atoms with E-state index in [1.165, 1.54) is 0 Å². The summed E-state index contributed by atoms with van der Waals surface area (Å²) < 4.78 is 7.93. The summed E-state index contributed by atoms with van der Waals surface area (Å²) in [4.78, 5) is 6.78. The maximum atomic E-state index is 5.78. The Bertz CT molecular complexity index is 363. The van der Waals surface area contributed by atoms with Crippen molar-refractivity contribution in [3.63, 3.8) is 0 Å². The molecule has 1 N–H and O–H groups in total. The molecule has 5 nitrogen and oxygen atoms in total. The topological polar surface area (TPSA) is 42.3 Å². The second-order valence-corrected chi connectivity index (χ2v) is 4.64. The Morgan fingerprint density at radius 3 is 3.12 bits per heavy atom. The minimum absolute atomic E-state index is 0.264. The van der Waals surface area contributed by atoms with Crippen LogP contribution in [-0.2, 0) is 11.3 Å². The first kappa shape index (κ1) is 12.4. The van der Waals surface area contributed by atoms with Gasteiger partial charge in [0.05, 0.1) is 24.9 Å². The number of hydrogen-bond acceptors (Lipinski definition) is 4. The molecule has 0 amide bonds. The second-order valence-electron chi connectivity index (χ2n) is 4.64. The van der Waals surface area contributed by atoms with Crippen LogP contribution < -0.4 is 5.32 Å². The van der Waals surface area contributed by atoms with Crippen LogP contribution in [0.4, 0.5) is 5.95 Å². The number of nitrogens with zero attached hydrogens (tertiary/aromatic N) is 3. The highest BCUT2D eigenvalue weighted by Gasteiger charge is 2.19. The molecule has 5 heteroatoms. The number of anilines is 1. The number of rotatable bonds is 4. The summed E-state index contributed by atoms with van der Waals surface area (Å²) in [5.74, 6) is 0.946. The van der Waals surface area contributed by atoms with Gasteiger partial charge < -0.3 is 19.5 Å². The summed E-state index contributed by atoms with van der Waals surface area (Å²) in [7, 11) is 2.14. The van der Waals surface area contributed by atoms with Crippen LogP contribution in [0.15, 0.2) is 6.20 Å². The fourth-order valence-corrected chi connectivity index (χ4v) is 2.18. The number of aryl methyl sites for hydroxylation is 1. The van der Waals surface area contributed by atoms with Crippen LogP contribution in [0.5, 0.6) is 0 Å². The van der Waals surface area contributed by atoms with E-state index in [1.807, 2.05) is 6.92 Å². The van der Waals surface area contributed by atoms with Gasteiger partial charge in [0, 0.05) is 25.8 Å². The molecule has 96 valence electrons. The Morgan fingerprint density at radius 2 is 2.41 bits per heavy atom. The van der Waals surface area contributed by atoms with Gasteiger partial charge in [-0.1, -0.05) is 0 Å². The van der Waals surface area contributed by atoms with Crippen molar-refractivity contribution in [3.8, 4) is 0 Å². The van der Waals surface area contributed by atoms with Gasteiger partial charge in [-0.05, 0) is 20.9 Å². The maximum absolute atomic E-state index is 5.78. The van der Waals surface area contributed by atoms with E-state index in [2.05, 4.69) is 39.9 Å². The molecule has 0 saturated carbocycles. The largest absolute Gasteiger partial charge is 0.374 e. The first-order valence-corrected chi connectivity index (χ1v) is 6.27. The van der Waals surface area contributed by atoms with Crippen LogP contribution in [0.2, 0.25) is 0 Å². The predicted molar refractivity (Wildman–Crippen MR) is 68.4 cm³/mol. The fraction of sp³-hybridized carbons (Fsp3) is 0.750. The quantitative estimate of drug-likeness (QED) is 0.848. The first-order chi connectivity index (χ1) is 8.19. The molecule has 0 aliphatic carbocycles. The molecule has 0 aromatic carbocycles. The lowest BCUT2D eigenvalue weighted by molar-refractivity contribution is -0.0272. The third-order valence-corrected chi connectivity index (χ3v) is 2.97. The molecule has 1 saturated heterocycles. The van der Waals surface area contributed by atoms with Crippen LogP contribution in [0.25, 0.3) is 0 Å². The van der Waals surface area contributed by atoms with Crippen LogP contribution >= 0.6 is 0 Å². The summed E-state index contributed by atoms with van der Waals surface area (Å²) in [5, 5.41) is 3.28. The number of ether oxygens (including phenoxy) is 1. The number of nitrogens with one attached hydrogen (secondary N) is 1. The average molecular weight is 238 g/mol. The molecule has 1 aliphatic rings. The molecule has 2 heterocycles. The lowest BCUT2D eigenvalue weighted by Gasteiger charge is -2.30. The van der Waals surface area contributed by atoms with Crippen molar-refractivity contribution < 1.29 is 4.74 Å². The Hall–Kier alpha value is -1.07. The van der Waals surface area contributed by atoms with Crippen molar-refractivity contribution >= 4 is 5.95 Å². The second kappa shape index (κ2) is 5.51. The number of imidazole rings is 1. The van der Waals surface area contributed by atoms with E-state index in [4.69, 9.17) is 4.74 Å². The van der Waals surface area contributed by atoms with Gasteiger partial charge in [-0.2, -0.15) is 0 Å². The molecule has 1 unspecified atom stereocenters. The van der Waals surface area contributed by atoms with Gasteiger partial charge in [0.25, 0.3) is 0 Å².